The fourth-order valence-electron chi connectivity index (χ4n) is 3.61. The molecule has 0 aliphatic carbocycles. The summed E-state index contributed by atoms with van der Waals surface area (Å²) in [5, 5.41) is 6.04. The highest BCUT2D eigenvalue weighted by atomic mass is 16.2. The number of hydrogen-bond donors (Lipinski definition) is 2. The molecule has 2 aromatic carbocycles. The van der Waals surface area contributed by atoms with Gasteiger partial charge in [-0.2, -0.15) is 0 Å². The fourth-order valence-corrected chi connectivity index (χ4v) is 3.61. The average Bonchev–Trinajstić information content (AvgIpc) is 2.71. The van der Waals surface area contributed by atoms with Crippen LogP contribution in [0.3, 0.4) is 0 Å². The molecule has 2 amide bonds. The smallest absolute Gasteiger partial charge is 0.241 e. The number of nitrogens with one attached hydrogen (secondary N) is 2. The Bertz CT molecular complexity index is 835. The van der Waals surface area contributed by atoms with Crippen LogP contribution in [0.5, 0.6) is 0 Å². The van der Waals surface area contributed by atoms with E-state index in [0.717, 1.165) is 41.9 Å². The number of aryl methyl sites for hydroxylation is 2. The van der Waals surface area contributed by atoms with Gasteiger partial charge in [0.1, 0.15) is 0 Å². The number of para-hydroxylation sites is 1. The van der Waals surface area contributed by atoms with E-state index in [1.54, 1.807) is 0 Å². The van der Waals surface area contributed by atoms with E-state index in [0.29, 0.717) is 6.54 Å². The number of nitrogens with zero attached hydrogens (tertiary/aromatic N) is 1. The van der Waals surface area contributed by atoms with Crippen LogP contribution in [0, 0.1) is 19.8 Å². The van der Waals surface area contributed by atoms with Crippen molar-refractivity contribution >= 4 is 23.2 Å². The Morgan fingerprint density at radius 1 is 1.07 bits per heavy atom. The Balaban J connectivity index is 1.60. The number of carbonyl (C=O) groups is 2. The van der Waals surface area contributed by atoms with Crippen molar-refractivity contribution in [2.75, 3.05) is 23.7 Å². The molecular formula is C23H29N3O2. The summed E-state index contributed by atoms with van der Waals surface area (Å²) in [5.74, 6) is -0.110. The molecule has 1 aliphatic rings. The maximum absolute atomic E-state index is 12.8. The lowest BCUT2D eigenvalue weighted by Gasteiger charge is -2.35. The van der Waals surface area contributed by atoms with Gasteiger partial charge >= 0.3 is 0 Å². The minimum atomic E-state index is -0.285. The molecule has 2 N–H and O–H groups in total. The van der Waals surface area contributed by atoms with E-state index in [4.69, 9.17) is 0 Å². The van der Waals surface area contributed by atoms with E-state index in [1.807, 2.05) is 69.3 Å². The third-order valence-electron chi connectivity index (χ3n) is 5.44. The summed E-state index contributed by atoms with van der Waals surface area (Å²) < 4.78 is 0. The van der Waals surface area contributed by atoms with Gasteiger partial charge < -0.3 is 10.6 Å². The lowest BCUT2D eigenvalue weighted by Crippen LogP contribution is -2.49. The molecule has 1 saturated heterocycles. The second kappa shape index (κ2) is 9.02. The SMILES string of the molecule is Cc1ccc(C)c(NC(=O)[C@@H](C)N2CCC[C@@H](C(=O)Nc3ccccc3)C2)c1. The zero-order valence-electron chi connectivity index (χ0n) is 16.9. The first-order valence-electron chi connectivity index (χ1n) is 9.92. The van der Waals surface area contributed by atoms with Crippen LogP contribution in [-0.2, 0) is 9.59 Å². The second-order valence-corrected chi connectivity index (χ2v) is 7.67. The van der Waals surface area contributed by atoms with Gasteiger partial charge in [-0.05, 0) is 69.5 Å². The number of rotatable bonds is 5. The summed E-state index contributed by atoms with van der Waals surface area (Å²) in [5.41, 5.74) is 3.83. The molecule has 3 rings (SSSR count). The standard InChI is InChI=1S/C23H29N3O2/c1-16-11-12-17(2)21(14-16)25-22(27)18(3)26-13-7-8-19(15-26)23(28)24-20-9-5-4-6-10-20/h4-6,9-12,14,18-19H,7-8,13,15H2,1-3H3,(H,24,28)(H,25,27)/t18-,19-/m1/s1. The van der Waals surface area contributed by atoms with Gasteiger partial charge in [-0.1, -0.05) is 30.3 Å². The molecule has 0 radical (unpaired) electrons. The van der Waals surface area contributed by atoms with Crippen molar-refractivity contribution < 1.29 is 9.59 Å². The van der Waals surface area contributed by atoms with Gasteiger partial charge in [0, 0.05) is 17.9 Å². The number of piperidine rings is 1. The van der Waals surface area contributed by atoms with Crippen LogP contribution in [-0.4, -0.2) is 35.8 Å². The van der Waals surface area contributed by atoms with E-state index in [-0.39, 0.29) is 23.8 Å². The number of hydrogen-bond acceptors (Lipinski definition) is 3. The number of likely N-dealkylation sites (tertiary alicyclic amines) is 1. The Labute approximate surface area is 167 Å². The van der Waals surface area contributed by atoms with Crippen LogP contribution in [0.2, 0.25) is 0 Å². The lowest BCUT2D eigenvalue weighted by atomic mass is 9.95. The zero-order valence-corrected chi connectivity index (χ0v) is 16.9. The van der Waals surface area contributed by atoms with Crippen molar-refractivity contribution in [3.05, 3.63) is 59.7 Å². The van der Waals surface area contributed by atoms with Gasteiger partial charge in [-0.25, -0.2) is 0 Å². The van der Waals surface area contributed by atoms with Crippen LogP contribution >= 0.6 is 0 Å². The minimum Gasteiger partial charge on any atom is -0.326 e. The van der Waals surface area contributed by atoms with Gasteiger partial charge in [-0.3, -0.25) is 14.5 Å². The number of amides is 2. The molecule has 5 nitrogen and oxygen atoms in total. The van der Waals surface area contributed by atoms with Crippen LogP contribution in [0.15, 0.2) is 48.5 Å². The molecule has 148 valence electrons. The second-order valence-electron chi connectivity index (χ2n) is 7.67. The maximum Gasteiger partial charge on any atom is 0.241 e. The molecule has 0 bridgehead atoms. The van der Waals surface area contributed by atoms with Crippen molar-refractivity contribution in [2.24, 2.45) is 5.92 Å². The summed E-state index contributed by atoms with van der Waals surface area (Å²) in [6, 6.07) is 15.3. The predicted molar refractivity (Wildman–Crippen MR) is 113 cm³/mol. The van der Waals surface area contributed by atoms with Crippen molar-refractivity contribution in [3.8, 4) is 0 Å². The first-order valence-corrected chi connectivity index (χ1v) is 9.92. The molecule has 1 aliphatic heterocycles. The van der Waals surface area contributed by atoms with Gasteiger partial charge in [0.25, 0.3) is 0 Å². The molecule has 0 unspecified atom stereocenters. The monoisotopic (exact) mass is 379 g/mol. The van der Waals surface area contributed by atoms with Crippen molar-refractivity contribution in [3.63, 3.8) is 0 Å². The maximum atomic E-state index is 12.8. The van der Waals surface area contributed by atoms with E-state index >= 15 is 0 Å². The summed E-state index contributed by atoms with van der Waals surface area (Å²) in [4.78, 5) is 27.5. The van der Waals surface area contributed by atoms with Crippen LogP contribution in [0.25, 0.3) is 0 Å². The Morgan fingerprint density at radius 2 is 1.82 bits per heavy atom. The zero-order chi connectivity index (χ0) is 20.1. The van der Waals surface area contributed by atoms with Gasteiger partial charge in [0.15, 0.2) is 0 Å². The molecule has 28 heavy (non-hydrogen) atoms. The molecule has 0 saturated carbocycles. The Kier molecular flexibility index (Phi) is 6.47. The van der Waals surface area contributed by atoms with Gasteiger partial charge in [0.2, 0.25) is 11.8 Å². The topological polar surface area (TPSA) is 61.4 Å². The van der Waals surface area contributed by atoms with Crippen molar-refractivity contribution in [2.45, 2.75) is 39.7 Å². The molecule has 2 aromatic rings. The highest BCUT2D eigenvalue weighted by molar-refractivity contribution is 5.95. The summed E-state index contributed by atoms with van der Waals surface area (Å²) in [6.45, 7) is 7.35. The highest BCUT2D eigenvalue weighted by Crippen LogP contribution is 2.22. The molecule has 2 atom stereocenters. The largest absolute Gasteiger partial charge is 0.326 e. The fraction of sp³-hybridized carbons (Fsp3) is 0.391. The van der Waals surface area contributed by atoms with Crippen molar-refractivity contribution in [1.29, 1.82) is 0 Å². The van der Waals surface area contributed by atoms with Gasteiger partial charge in [0.05, 0.1) is 12.0 Å². The van der Waals surface area contributed by atoms with Crippen LogP contribution in [0.1, 0.15) is 30.9 Å². The van der Waals surface area contributed by atoms with E-state index in [1.165, 1.54) is 0 Å². The minimum absolute atomic E-state index is 0.0260. The van der Waals surface area contributed by atoms with Crippen LogP contribution in [0.4, 0.5) is 11.4 Å². The third-order valence-corrected chi connectivity index (χ3v) is 5.44. The highest BCUT2D eigenvalue weighted by Gasteiger charge is 2.31. The Hall–Kier alpha value is -2.66. The predicted octanol–water partition coefficient (Wildman–Crippen LogP) is 3.98. The molecule has 1 heterocycles. The quantitative estimate of drug-likeness (QED) is 0.826. The molecule has 5 heteroatoms. The number of anilines is 2. The Morgan fingerprint density at radius 3 is 2.57 bits per heavy atom. The number of carbonyl (C=O) groups excluding carboxylic acids is 2. The molecule has 0 aromatic heterocycles. The first-order chi connectivity index (χ1) is 13.4. The molecule has 1 fully saturated rings. The van der Waals surface area contributed by atoms with E-state index < -0.39 is 0 Å². The summed E-state index contributed by atoms with van der Waals surface area (Å²) >= 11 is 0. The first kappa shape index (κ1) is 20.1. The number of benzene rings is 2. The normalized spacial score (nSPS) is 18.3. The lowest BCUT2D eigenvalue weighted by molar-refractivity contribution is -0.125. The molecular weight excluding hydrogens is 350 g/mol. The third kappa shape index (κ3) is 4.98. The van der Waals surface area contributed by atoms with E-state index in [9.17, 15) is 9.59 Å². The van der Waals surface area contributed by atoms with E-state index in [2.05, 4.69) is 15.5 Å². The van der Waals surface area contributed by atoms with Crippen molar-refractivity contribution in [1.82, 2.24) is 4.90 Å². The average molecular weight is 380 g/mol. The van der Waals surface area contributed by atoms with Crippen LogP contribution < -0.4 is 10.6 Å². The summed E-state index contributed by atoms with van der Waals surface area (Å²) in [7, 11) is 0. The molecule has 0 spiro atoms. The summed E-state index contributed by atoms with van der Waals surface area (Å²) in [6.07, 6.45) is 1.76. The van der Waals surface area contributed by atoms with Gasteiger partial charge in [-0.15, -0.1) is 0 Å².